The number of aliphatic carboxylic acids is 1. The van der Waals surface area contributed by atoms with Crippen molar-refractivity contribution >= 4 is 33.3 Å². The maximum atomic E-state index is 14.7. The third-order valence-electron chi connectivity index (χ3n) is 6.09. The molecule has 0 bridgehead atoms. The summed E-state index contributed by atoms with van der Waals surface area (Å²) in [6, 6.07) is 12.5. The zero-order valence-corrected chi connectivity index (χ0v) is 21.3. The second-order valence-corrected chi connectivity index (χ2v) is 11.7. The molecule has 3 aromatic rings. The van der Waals surface area contributed by atoms with Gasteiger partial charge in [0.1, 0.15) is 23.5 Å². The van der Waals surface area contributed by atoms with E-state index in [4.69, 9.17) is 16.3 Å². The van der Waals surface area contributed by atoms with Gasteiger partial charge in [0.15, 0.2) is 0 Å². The Kier molecular flexibility index (Phi) is 6.74. The highest BCUT2D eigenvalue weighted by Crippen LogP contribution is 2.42. The van der Waals surface area contributed by atoms with Crippen LogP contribution in [0.25, 0.3) is 11.1 Å². The molecule has 1 heterocycles. The molecule has 0 spiro atoms. The van der Waals surface area contributed by atoms with Crippen LogP contribution in [0.4, 0.5) is 14.5 Å². The van der Waals surface area contributed by atoms with Crippen LogP contribution in [0.3, 0.4) is 0 Å². The summed E-state index contributed by atoms with van der Waals surface area (Å²) in [5, 5.41) is 9.17. The number of carboxylic acid groups (broad SMARTS) is 1. The lowest BCUT2D eigenvalue weighted by Gasteiger charge is -2.38. The number of hydrogen-bond donors (Lipinski definition) is 1. The lowest BCUT2D eigenvalue weighted by molar-refractivity contribution is -0.148. The summed E-state index contributed by atoms with van der Waals surface area (Å²) in [7, 11) is -4.12. The van der Waals surface area contributed by atoms with Gasteiger partial charge >= 0.3 is 5.97 Å². The summed E-state index contributed by atoms with van der Waals surface area (Å²) in [6.07, 6.45) is -0.730. The van der Waals surface area contributed by atoms with Crippen LogP contribution >= 0.6 is 11.6 Å². The van der Waals surface area contributed by atoms with Crippen LogP contribution in [0.5, 0.6) is 5.75 Å². The van der Waals surface area contributed by atoms with Gasteiger partial charge in [-0.05, 0) is 68.3 Å². The van der Waals surface area contributed by atoms with Crippen LogP contribution in [0.1, 0.15) is 25.8 Å². The molecule has 190 valence electrons. The maximum absolute atomic E-state index is 14.7. The molecule has 1 aliphatic heterocycles. The van der Waals surface area contributed by atoms with Crippen LogP contribution < -0.4 is 9.04 Å². The molecule has 0 amide bonds. The number of fused-ring (bicyclic) bond motifs is 1. The number of anilines is 1. The number of hydrogen-bond acceptors (Lipinski definition) is 4. The second kappa shape index (κ2) is 9.37. The molecule has 6 nitrogen and oxygen atoms in total. The Morgan fingerprint density at radius 2 is 1.89 bits per heavy atom. The van der Waals surface area contributed by atoms with E-state index in [0.29, 0.717) is 0 Å². The van der Waals surface area contributed by atoms with Gasteiger partial charge in [0.05, 0.1) is 27.6 Å². The molecular weight excluding hydrogens is 512 g/mol. The number of ether oxygens (including phenoxy) is 1. The molecule has 0 fully saturated rings. The van der Waals surface area contributed by atoms with Crippen molar-refractivity contribution in [2.45, 2.75) is 38.2 Å². The Balaban J connectivity index is 1.86. The van der Waals surface area contributed by atoms with Gasteiger partial charge in [-0.1, -0.05) is 29.8 Å². The Morgan fingerprint density at radius 3 is 2.56 bits per heavy atom. The van der Waals surface area contributed by atoms with Gasteiger partial charge in [0, 0.05) is 12.0 Å². The first kappa shape index (κ1) is 25.9. The molecule has 10 heteroatoms. The van der Waals surface area contributed by atoms with Crippen molar-refractivity contribution in [3.05, 3.63) is 76.8 Å². The van der Waals surface area contributed by atoms with Crippen molar-refractivity contribution in [2.24, 2.45) is 5.41 Å². The van der Waals surface area contributed by atoms with Crippen LogP contribution in [-0.2, 0) is 14.8 Å². The van der Waals surface area contributed by atoms with E-state index in [9.17, 15) is 27.1 Å². The molecule has 0 saturated heterocycles. The zero-order valence-electron chi connectivity index (χ0n) is 19.8. The topological polar surface area (TPSA) is 83.9 Å². The molecule has 3 aromatic carbocycles. The highest BCUT2D eigenvalue weighted by molar-refractivity contribution is 7.92. The lowest BCUT2D eigenvalue weighted by atomic mass is 9.86. The van der Waals surface area contributed by atoms with Crippen molar-refractivity contribution < 1.29 is 31.8 Å². The molecule has 1 aliphatic rings. The van der Waals surface area contributed by atoms with Crippen LogP contribution in [0, 0.1) is 24.0 Å². The summed E-state index contributed by atoms with van der Waals surface area (Å²) in [4.78, 5) is 11.7. The molecule has 1 atom stereocenters. The summed E-state index contributed by atoms with van der Waals surface area (Å²) in [6.45, 7) is 4.66. The van der Waals surface area contributed by atoms with E-state index in [0.717, 1.165) is 22.0 Å². The third-order valence-corrected chi connectivity index (χ3v) is 8.14. The van der Waals surface area contributed by atoms with E-state index in [2.05, 4.69) is 0 Å². The predicted molar refractivity (Wildman–Crippen MR) is 133 cm³/mol. The largest absolute Gasteiger partial charge is 0.486 e. The summed E-state index contributed by atoms with van der Waals surface area (Å²) < 4.78 is 63.4. The fourth-order valence-electron chi connectivity index (χ4n) is 4.14. The molecular formula is C26H24ClF2NO5S. The Bertz CT molecular complexity index is 1460. The first-order valence-electron chi connectivity index (χ1n) is 11.1. The first-order valence-corrected chi connectivity index (χ1v) is 12.9. The fraction of sp³-hybridized carbons (Fsp3) is 0.269. The summed E-state index contributed by atoms with van der Waals surface area (Å²) in [5.41, 5.74) is -0.256. The molecule has 36 heavy (non-hydrogen) atoms. The van der Waals surface area contributed by atoms with E-state index in [-0.39, 0.29) is 40.4 Å². The smallest absolute Gasteiger partial charge is 0.309 e. The minimum atomic E-state index is -4.12. The highest BCUT2D eigenvalue weighted by Gasteiger charge is 2.39. The number of carboxylic acids is 1. The molecule has 1 N–H and O–H groups in total. The first-order chi connectivity index (χ1) is 16.8. The van der Waals surface area contributed by atoms with Crippen LogP contribution in [-0.4, -0.2) is 32.1 Å². The minimum Gasteiger partial charge on any atom is -0.486 e. The number of nitrogens with zero attached hydrogens (tertiary/aromatic N) is 1. The van der Waals surface area contributed by atoms with Gasteiger partial charge in [-0.25, -0.2) is 17.2 Å². The minimum absolute atomic E-state index is 0.0389. The Hall–Kier alpha value is -3.17. The van der Waals surface area contributed by atoms with E-state index in [1.807, 2.05) is 0 Å². The Morgan fingerprint density at radius 1 is 1.17 bits per heavy atom. The van der Waals surface area contributed by atoms with Crippen molar-refractivity contribution in [1.29, 1.82) is 0 Å². The molecule has 0 saturated carbocycles. The van der Waals surface area contributed by atoms with Crippen molar-refractivity contribution in [1.82, 2.24) is 0 Å². The normalized spacial score (nSPS) is 15.8. The monoisotopic (exact) mass is 535 g/mol. The number of carbonyl (C=O) groups is 1. The summed E-state index contributed by atoms with van der Waals surface area (Å²) >= 11 is 5.82. The van der Waals surface area contributed by atoms with E-state index in [1.165, 1.54) is 44.2 Å². The standard InChI is InChI=1S/C26H24ClF2NO5S/c1-15-5-4-6-19(9-15)36(33,34)30-14-18(13-26(2,3)25(31)32)35-23-8-7-16(10-22(23)30)20-11-17(28)12-21(27)24(20)29/h4-12,18H,13-14H2,1-3H3,(H,31,32)/t18-/m1/s1. The van der Waals surface area contributed by atoms with Crippen molar-refractivity contribution in [2.75, 3.05) is 10.8 Å². The van der Waals surface area contributed by atoms with Gasteiger partial charge in [-0.2, -0.15) is 0 Å². The second-order valence-electron chi connectivity index (χ2n) is 9.42. The number of aryl methyl sites for hydroxylation is 1. The van der Waals surface area contributed by atoms with E-state index >= 15 is 0 Å². The van der Waals surface area contributed by atoms with Gasteiger partial charge < -0.3 is 9.84 Å². The van der Waals surface area contributed by atoms with Crippen LogP contribution in [0.2, 0.25) is 5.02 Å². The molecule has 0 aromatic heterocycles. The highest BCUT2D eigenvalue weighted by atomic mass is 35.5. The van der Waals surface area contributed by atoms with Crippen molar-refractivity contribution in [3.8, 4) is 16.9 Å². The Labute approximate surface area is 213 Å². The fourth-order valence-corrected chi connectivity index (χ4v) is 5.95. The van der Waals surface area contributed by atoms with Gasteiger partial charge in [-0.15, -0.1) is 0 Å². The quantitative estimate of drug-likeness (QED) is 0.388. The average molecular weight is 536 g/mol. The average Bonchev–Trinajstić information content (AvgIpc) is 2.80. The van der Waals surface area contributed by atoms with Crippen LogP contribution in [0.15, 0.2) is 59.5 Å². The third kappa shape index (κ3) is 4.90. The SMILES string of the molecule is Cc1cccc(S(=O)(=O)N2C[C@@H](CC(C)(C)C(=O)O)Oc3ccc(-c4cc(F)cc(Cl)c4F)cc32)c1. The molecule has 0 aliphatic carbocycles. The molecule has 0 radical (unpaired) electrons. The summed E-state index contributed by atoms with van der Waals surface area (Å²) in [5.74, 6) is -2.45. The predicted octanol–water partition coefficient (Wildman–Crippen LogP) is 6.05. The molecule has 0 unspecified atom stereocenters. The number of rotatable bonds is 6. The number of sulfonamides is 1. The maximum Gasteiger partial charge on any atom is 0.309 e. The van der Waals surface area contributed by atoms with Gasteiger partial charge in [0.2, 0.25) is 0 Å². The van der Waals surface area contributed by atoms with Gasteiger partial charge in [-0.3, -0.25) is 9.10 Å². The van der Waals surface area contributed by atoms with E-state index in [1.54, 1.807) is 19.1 Å². The lowest BCUT2D eigenvalue weighted by Crippen LogP contribution is -2.46. The molecule has 4 rings (SSSR count). The number of benzene rings is 3. The van der Waals surface area contributed by atoms with Crippen molar-refractivity contribution in [3.63, 3.8) is 0 Å². The van der Waals surface area contributed by atoms with Gasteiger partial charge in [0.25, 0.3) is 10.0 Å². The number of halogens is 3. The zero-order chi connectivity index (χ0) is 26.4. The van der Waals surface area contributed by atoms with E-state index < -0.39 is 44.2 Å².